The number of rotatable bonds is 8. The van der Waals surface area contributed by atoms with Gasteiger partial charge in [-0.3, -0.25) is 4.79 Å². The first-order chi connectivity index (χ1) is 15.6. The van der Waals surface area contributed by atoms with E-state index in [1.54, 1.807) is 12.1 Å². The van der Waals surface area contributed by atoms with Gasteiger partial charge in [0, 0.05) is 25.6 Å². The Morgan fingerprint density at radius 1 is 1.06 bits per heavy atom. The first kappa shape index (κ1) is 25.4. The predicted octanol–water partition coefficient (Wildman–Crippen LogP) is 3.69. The zero-order valence-corrected chi connectivity index (χ0v) is 21.3. The van der Waals surface area contributed by atoms with Crippen molar-refractivity contribution in [1.82, 2.24) is 14.5 Å². The minimum Gasteiger partial charge on any atom is -0.354 e. The van der Waals surface area contributed by atoms with E-state index in [4.69, 9.17) is 0 Å². The lowest BCUT2D eigenvalue weighted by molar-refractivity contribution is -0.126. The van der Waals surface area contributed by atoms with E-state index >= 15 is 0 Å². The van der Waals surface area contributed by atoms with Crippen LogP contribution in [0.25, 0.3) is 0 Å². The first-order valence-electron chi connectivity index (χ1n) is 11.7. The van der Waals surface area contributed by atoms with E-state index in [1.165, 1.54) is 15.4 Å². The van der Waals surface area contributed by atoms with Crippen molar-refractivity contribution in [3.8, 4) is 0 Å². The van der Waals surface area contributed by atoms with Crippen molar-refractivity contribution in [2.24, 2.45) is 5.92 Å². The highest BCUT2D eigenvalue weighted by Crippen LogP contribution is 2.26. The number of carbonyl (C=O) groups excluding carboxylic acids is 1. The SMILES string of the molecule is CCc1ccc([C@@H](CNC(=O)C2CCN(S(=O)(=O)c3ccc(C)c(C)c3)CC2)N(C)C)cc1. The average molecular weight is 472 g/mol. The molecular formula is C26H37N3O3S. The summed E-state index contributed by atoms with van der Waals surface area (Å²) < 4.78 is 27.6. The van der Waals surface area contributed by atoms with Crippen LogP contribution in [-0.2, 0) is 21.2 Å². The molecule has 0 aromatic heterocycles. The Morgan fingerprint density at radius 3 is 2.24 bits per heavy atom. The second kappa shape index (κ2) is 10.8. The lowest BCUT2D eigenvalue weighted by Crippen LogP contribution is -2.44. The fourth-order valence-electron chi connectivity index (χ4n) is 4.30. The molecule has 0 bridgehead atoms. The Labute approximate surface area is 199 Å². The summed E-state index contributed by atoms with van der Waals surface area (Å²) in [5, 5.41) is 3.11. The smallest absolute Gasteiger partial charge is 0.243 e. The lowest BCUT2D eigenvalue weighted by Gasteiger charge is -2.31. The van der Waals surface area contributed by atoms with Gasteiger partial charge in [-0.15, -0.1) is 0 Å². The van der Waals surface area contributed by atoms with Crippen molar-refractivity contribution in [1.29, 1.82) is 0 Å². The maximum Gasteiger partial charge on any atom is 0.243 e. The molecule has 2 aromatic rings. The van der Waals surface area contributed by atoms with E-state index in [-0.39, 0.29) is 17.9 Å². The summed E-state index contributed by atoms with van der Waals surface area (Å²) in [5.74, 6) is -0.156. The zero-order chi connectivity index (χ0) is 24.2. The molecule has 1 heterocycles. The fraction of sp³-hybridized carbons (Fsp3) is 0.500. The van der Waals surface area contributed by atoms with E-state index in [9.17, 15) is 13.2 Å². The molecule has 33 heavy (non-hydrogen) atoms. The number of benzene rings is 2. The van der Waals surface area contributed by atoms with Crippen LogP contribution < -0.4 is 5.32 Å². The number of likely N-dealkylation sites (N-methyl/N-ethyl adjacent to an activating group) is 1. The van der Waals surface area contributed by atoms with E-state index in [0.29, 0.717) is 37.4 Å². The molecule has 180 valence electrons. The van der Waals surface area contributed by atoms with Gasteiger partial charge in [-0.1, -0.05) is 37.3 Å². The molecule has 0 spiro atoms. The maximum atomic E-state index is 13.0. The van der Waals surface area contributed by atoms with E-state index in [1.807, 2.05) is 34.0 Å². The normalized spacial score (nSPS) is 16.7. The molecule has 3 rings (SSSR count). The molecule has 1 saturated heterocycles. The van der Waals surface area contributed by atoms with Crippen LogP contribution in [0.2, 0.25) is 0 Å². The number of nitrogens with one attached hydrogen (secondary N) is 1. The van der Waals surface area contributed by atoms with Crippen LogP contribution >= 0.6 is 0 Å². The number of nitrogens with zero attached hydrogens (tertiary/aromatic N) is 2. The highest BCUT2D eigenvalue weighted by Gasteiger charge is 2.32. The Morgan fingerprint density at radius 2 is 1.70 bits per heavy atom. The summed E-state index contributed by atoms with van der Waals surface area (Å²) >= 11 is 0. The number of hydrogen-bond acceptors (Lipinski definition) is 4. The molecule has 1 fully saturated rings. The molecule has 1 atom stereocenters. The highest BCUT2D eigenvalue weighted by atomic mass is 32.2. The topological polar surface area (TPSA) is 69.7 Å². The first-order valence-corrected chi connectivity index (χ1v) is 13.2. The number of hydrogen-bond donors (Lipinski definition) is 1. The summed E-state index contributed by atoms with van der Waals surface area (Å²) in [4.78, 5) is 15.3. The van der Waals surface area contributed by atoms with E-state index in [2.05, 4.69) is 41.4 Å². The van der Waals surface area contributed by atoms with Crippen LogP contribution in [0.3, 0.4) is 0 Å². The van der Waals surface area contributed by atoms with Crippen molar-refractivity contribution < 1.29 is 13.2 Å². The second-order valence-electron chi connectivity index (χ2n) is 9.24. The van der Waals surface area contributed by atoms with Gasteiger partial charge < -0.3 is 10.2 Å². The van der Waals surface area contributed by atoms with Crippen molar-refractivity contribution in [3.05, 3.63) is 64.7 Å². The lowest BCUT2D eigenvalue weighted by atomic mass is 9.96. The van der Waals surface area contributed by atoms with Crippen molar-refractivity contribution in [2.45, 2.75) is 51.0 Å². The number of amides is 1. The Balaban J connectivity index is 1.57. The predicted molar refractivity (Wildman–Crippen MR) is 133 cm³/mol. The molecule has 0 aliphatic carbocycles. The molecule has 1 aliphatic heterocycles. The van der Waals surface area contributed by atoms with Gasteiger partial charge in [-0.2, -0.15) is 4.31 Å². The second-order valence-corrected chi connectivity index (χ2v) is 11.2. The fourth-order valence-corrected chi connectivity index (χ4v) is 5.85. The molecule has 0 unspecified atom stereocenters. The number of aryl methyl sites for hydroxylation is 3. The molecule has 0 radical (unpaired) electrons. The summed E-state index contributed by atoms with van der Waals surface area (Å²) in [6, 6.07) is 13.9. The summed E-state index contributed by atoms with van der Waals surface area (Å²) in [6.45, 7) is 7.28. The minimum absolute atomic E-state index is 0.00950. The van der Waals surface area contributed by atoms with Gasteiger partial charge >= 0.3 is 0 Å². The average Bonchev–Trinajstić information content (AvgIpc) is 2.81. The molecule has 1 N–H and O–H groups in total. The van der Waals surface area contributed by atoms with Gasteiger partial charge in [-0.25, -0.2) is 8.42 Å². The van der Waals surface area contributed by atoms with Gasteiger partial charge in [0.15, 0.2) is 0 Å². The standard InChI is InChI=1S/C26H37N3O3S/c1-6-21-8-10-22(11-9-21)25(28(4)5)18-27-26(30)23-13-15-29(16-14-23)33(31,32)24-12-7-19(2)20(3)17-24/h7-12,17,23,25H,6,13-16,18H2,1-5H3,(H,27,30)/t25-/m1/s1. The largest absolute Gasteiger partial charge is 0.354 e. The number of carbonyl (C=O) groups is 1. The van der Waals surface area contributed by atoms with Crippen LogP contribution in [0.1, 0.15) is 48.1 Å². The van der Waals surface area contributed by atoms with Gasteiger partial charge in [0.05, 0.1) is 10.9 Å². The third-order valence-corrected chi connectivity index (χ3v) is 8.70. The van der Waals surface area contributed by atoms with Crippen molar-refractivity contribution in [3.63, 3.8) is 0 Å². The highest BCUT2D eigenvalue weighted by molar-refractivity contribution is 7.89. The molecule has 1 aliphatic rings. The van der Waals surface area contributed by atoms with Crippen LogP contribution in [0.5, 0.6) is 0 Å². The molecule has 0 saturated carbocycles. The van der Waals surface area contributed by atoms with Gasteiger partial charge in [0.1, 0.15) is 0 Å². The zero-order valence-electron chi connectivity index (χ0n) is 20.5. The van der Waals surface area contributed by atoms with Gasteiger partial charge in [0.2, 0.25) is 15.9 Å². The molecule has 6 nitrogen and oxygen atoms in total. The monoisotopic (exact) mass is 471 g/mol. The minimum atomic E-state index is -3.53. The van der Waals surface area contributed by atoms with Crippen LogP contribution in [0.15, 0.2) is 47.4 Å². The Kier molecular flexibility index (Phi) is 8.32. The third-order valence-electron chi connectivity index (χ3n) is 6.81. The Bertz CT molecular complexity index is 1060. The van der Waals surface area contributed by atoms with Crippen LogP contribution in [0, 0.1) is 19.8 Å². The molecule has 2 aromatic carbocycles. The van der Waals surface area contributed by atoms with Crippen molar-refractivity contribution in [2.75, 3.05) is 33.7 Å². The van der Waals surface area contributed by atoms with E-state index in [0.717, 1.165) is 17.5 Å². The summed E-state index contributed by atoms with van der Waals surface area (Å²) in [7, 11) is 0.495. The van der Waals surface area contributed by atoms with Gasteiger partial charge in [-0.05, 0) is 81.6 Å². The molecular weight excluding hydrogens is 434 g/mol. The van der Waals surface area contributed by atoms with E-state index < -0.39 is 10.0 Å². The van der Waals surface area contributed by atoms with Crippen LogP contribution in [0.4, 0.5) is 0 Å². The number of sulfonamides is 1. The van der Waals surface area contributed by atoms with Gasteiger partial charge in [0.25, 0.3) is 0 Å². The maximum absolute atomic E-state index is 13.0. The number of piperidine rings is 1. The molecule has 1 amide bonds. The summed E-state index contributed by atoms with van der Waals surface area (Å²) in [6.07, 6.45) is 2.07. The van der Waals surface area contributed by atoms with Crippen molar-refractivity contribution >= 4 is 15.9 Å². The quantitative estimate of drug-likeness (QED) is 0.638. The Hall–Kier alpha value is -2.22. The molecule has 7 heteroatoms. The third kappa shape index (κ3) is 6.02. The van der Waals surface area contributed by atoms with Crippen LogP contribution in [-0.4, -0.2) is 57.3 Å². The summed E-state index contributed by atoms with van der Waals surface area (Å²) in [5.41, 5.74) is 4.50.